The molecule has 0 aliphatic carbocycles. The highest BCUT2D eigenvalue weighted by Crippen LogP contribution is 2.24. The highest BCUT2D eigenvalue weighted by Gasteiger charge is 2.09. The zero-order valence-electron chi connectivity index (χ0n) is 18.2. The maximum Gasteiger partial charge on any atom is 0.323 e. The lowest BCUT2D eigenvalue weighted by Crippen LogP contribution is -2.23. The Hall–Kier alpha value is -3.32. The summed E-state index contributed by atoms with van der Waals surface area (Å²) in [5.74, 6) is 2.32. The molecule has 31 heavy (non-hydrogen) atoms. The molecule has 0 unspecified atom stereocenters. The van der Waals surface area contributed by atoms with E-state index in [9.17, 15) is 4.79 Å². The van der Waals surface area contributed by atoms with Gasteiger partial charge >= 0.3 is 6.03 Å². The Balaban J connectivity index is 1.64. The Kier molecular flexibility index (Phi) is 7.31. The normalized spacial score (nSPS) is 10.5. The third-order valence-corrected chi connectivity index (χ3v) is 5.01. The van der Waals surface area contributed by atoms with Crippen LogP contribution in [0.25, 0.3) is 0 Å². The zero-order chi connectivity index (χ0) is 22.4. The predicted octanol–water partition coefficient (Wildman–Crippen LogP) is 5.98. The fraction of sp³-hybridized carbons (Fsp3) is 0.261. The smallest absolute Gasteiger partial charge is 0.323 e. The van der Waals surface area contributed by atoms with Crippen LogP contribution >= 0.6 is 11.6 Å². The molecule has 0 atom stereocenters. The van der Waals surface area contributed by atoms with Crippen LogP contribution in [0.3, 0.4) is 0 Å². The maximum absolute atomic E-state index is 12.3. The van der Waals surface area contributed by atoms with Gasteiger partial charge in [-0.1, -0.05) is 17.7 Å². The van der Waals surface area contributed by atoms with Crippen LogP contribution in [0.1, 0.15) is 25.2 Å². The fourth-order valence-corrected chi connectivity index (χ4v) is 3.40. The first kappa shape index (κ1) is 22.4. The molecule has 1 heterocycles. The number of halogens is 1. The van der Waals surface area contributed by atoms with Crippen molar-refractivity contribution < 1.29 is 4.79 Å². The SMILES string of the molecule is CCN(CC)c1cc(Nc2ccc(NC(=O)Nc3ccc(C)cc3Cl)cc2)nc(C)n1. The molecule has 3 aromatic rings. The molecule has 0 fully saturated rings. The van der Waals surface area contributed by atoms with Crippen molar-refractivity contribution >= 4 is 46.3 Å². The molecule has 0 spiro atoms. The number of urea groups is 1. The van der Waals surface area contributed by atoms with E-state index in [0.29, 0.717) is 22.2 Å². The number of nitrogens with one attached hydrogen (secondary N) is 3. The second kappa shape index (κ2) is 10.1. The van der Waals surface area contributed by atoms with Gasteiger partial charge in [-0.25, -0.2) is 14.8 Å². The number of amides is 2. The minimum absolute atomic E-state index is 0.359. The lowest BCUT2D eigenvalue weighted by Gasteiger charge is -2.20. The molecule has 0 bridgehead atoms. The van der Waals surface area contributed by atoms with Crippen LogP contribution in [0.4, 0.5) is 33.5 Å². The number of rotatable bonds is 7. The van der Waals surface area contributed by atoms with Gasteiger partial charge in [-0.05, 0) is 69.7 Å². The van der Waals surface area contributed by atoms with E-state index in [2.05, 4.69) is 44.7 Å². The highest BCUT2D eigenvalue weighted by atomic mass is 35.5. The number of aryl methyl sites for hydroxylation is 2. The van der Waals surface area contributed by atoms with E-state index in [1.807, 2.05) is 50.2 Å². The number of anilines is 5. The molecule has 162 valence electrons. The van der Waals surface area contributed by atoms with Gasteiger partial charge in [0.25, 0.3) is 0 Å². The maximum atomic E-state index is 12.3. The van der Waals surface area contributed by atoms with E-state index >= 15 is 0 Å². The van der Waals surface area contributed by atoms with Crippen molar-refractivity contribution in [2.24, 2.45) is 0 Å². The number of carbonyl (C=O) groups is 1. The molecule has 8 heteroatoms. The Morgan fingerprint density at radius 3 is 2.26 bits per heavy atom. The average Bonchev–Trinajstić information content (AvgIpc) is 2.72. The quantitative estimate of drug-likeness (QED) is 0.422. The molecule has 3 N–H and O–H groups in total. The first-order valence-electron chi connectivity index (χ1n) is 10.2. The minimum Gasteiger partial charge on any atom is -0.357 e. The number of nitrogens with zero attached hydrogens (tertiary/aromatic N) is 3. The van der Waals surface area contributed by atoms with E-state index in [1.165, 1.54) is 0 Å². The number of hydrogen-bond donors (Lipinski definition) is 3. The summed E-state index contributed by atoms with van der Waals surface area (Å²) >= 11 is 6.17. The van der Waals surface area contributed by atoms with Gasteiger partial charge in [-0.3, -0.25) is 0 Å². The van der Waals surface area contributed by atoms with Gasteiger partial charge < -0.3 is 20.9 Å². The number of aromatic nitrogens is 2. The summed E-state index contributed by atoms with van der Waals surface area (Å²) in [7, 11) is 0. The molecule has 0 saturated carbocycles. The van der Waals surface area contributed by atoms with Crippen LogP contribution in [0.2, 0.25) is 5.02 Å². The zero-order valence-corrected chi connectivity index (χ0v) is 18.9. The second-order valence-corrected chi connectivity index (χ2v) is 7.50. The summed E-state index contributed by atoms with van der Waals surface area (Å²) in [6.45, 7) is 9.78. The van der Waals surface area contributed by atoms with Gasteiger partial charge in [-0.2, -0.15) is 0 Å². The molecule has 3 rings (SSSR count). The number of benzene rings is 2. The molecule has 1 aromatic heterocycles. The number of hydrogen-bond acceptors (Lipinski definition) is 5. The van der Waals surface area contributed by atoms with Crippen molar-refractivity contribution in [3.63, 3.8) is 0 Å². The van der Waals surface area contributed by atoms with Crippen molar-refractivity contribution in [1.29, 1.82) is 0 Å². The molecule has 0 aliphatic rings. The second-order valence-electron chi connectivity index (χ2n) is 7.10. The van der Waals surface area contributed by atoms with Crippen molar-refractivity contribution in [2.75, 3.05) is 33.9 Å². The van der Waals surface area contributed by atoms with Crippen LogP contribution < -0.4 is 20.9 Å². The molecule has 7 nitrogen and oxygen atoms in total. The van der Waals surface area contributed by atoms with Gasteiger partial charge in [0.2, 0.25) is 0 Å². The van der Waals surface area contributed by atoms with Gasteiger partial charge in [0.05, 0.1) is 10.7 Å². The lowest BCUT2D eigenvalue weighted by atomic mass is 10.2. The molecule has 0 saturated heterocycles. The minimum atomic E-state index is -0.359. The Morgan fingerprint density at radius 1 is 0.935 bits per heavy atom. The average molecular weight is 439 g/mol. The van der Waals surface area contributed by atoms with E-state index in [-0.39, 0.29) is 6.03 Å². The van der Waals surface area contributed by atoms with E-state index in [4.69, 9.17) is 11.6 Å². The molecule has 0 radical (unpaired) electrons. The van der Waals surface area contributed by atoms with Crippen molar-refractivity contribution in [3.8, 4) is 0 Å². The van der Waals surface area contributed by atoms with Crippen LogP contribution in [0.5, 0.6) is 0 Å². The van der Waals surface area contributed by atoms with Gasteiger partial charge in [0, 0.05) is 30.5 Å². The molecule has 2 aromatic carbocycles. The van der Waals surface area contributed by atoms with Crippen LogP contribution in [0, 0.1) is 13.8 Å². The molecular weight excluding hydrogens is 412 g/mol. The summed E-state index contributed by atoms with van der Waals surface area (Å²) in [6.07, 6.45) is 0. The van der Waals surface area contributed by atoms with Gasteiger partial charge in [0.1, 0.15) is 17.5 Å². The Morgan fingerprint density at radius 2 is 1.61 bits per heavy atom. The van der Waals surface area contributed by atoms with Gasteiger partial charge in [0.15, 0.2) is 0 Å². The Labute approximate surface area is 187 Å². The van der Waals surface area contributed by atoms with Crippen molar-refractivity contribution in [3.05, 3.63) is 64.9 Å². The molecular formula is C23H27ClN6O. The lowest BCUT2D eigenvalue weighted by molar-refractivity contribution is 0.262. The van der Waals surface area contributed by atoms with Crippen LogP contribution in [-0.2, 0) is 0 Å². The van der Waals surface area contributed by atoms with Crippen molar-refractivity contribution in [1.82, 2.24) is 9.97 Å². The summed E-state index contributed by atoms with van der Waals surface area (Å²) in [5.41, 5.74) is 3.11. The van der Waals surface area contributed by atoms with Crippen molar-refractivity contribution in [2.45, 2.75) is 27.7 Å². The highest BCUT2D eigenvalue weighted by molar-refractivity contribution is 6.33. The van der Waals surface area contributed by atoms with E-state index < -0.39 is 0 Å². The standard InChI is InChI=1S/C23H27ClN6O/c1-5-30(6-2)22-14-21(25-16(4)26-22)27-17-8-10-18(11-9-17)28-23(31)29-20-12-7-15(3)13-19(20)24/h7-14H,5-6H2,1-4H3,(H,25,26,27)(H2,28,29,31). The fourth-order valence-electron chi connectivity index (χ4n) is 3.12. The number of carbonyl (C=O) groups excluding carboxylic acids is 1. The van der Waals surface area contributed by atoms with Gasteiger partial charge in [-0.15, -0.1) is 0 Å². The summed E-state index contributed by atoms with van der Waals surface area (Å²) in [6, 6.07) is 14.4. The Bertz CT molecular complexity index is 1050. The predicted molar refractivity (Wildman–Crippen MR) is 129 cm³/mol. The third-order valence-electron chi connectivity index (χ3n) is 4.70. The first-order valence-corrected chi connectivity index (χ1v) is 10.6. The van der Waals surface area contributed by atoms with E-state index in [0.717, 1.165) is 36.0 Å². The summed E-state index contributed by atoms with van der Waals surface area (Å²) in [5, 5.41) is 9.35. The van der Waals surface area contributed by atoms with E-state index in [1.54, 1.807) is 12.1 Å². The van der Waals surface area contributed by atoms with Crippen LogP contribution in [-0.4, -0.2) is 29.1 Å². The summed E-state index contributed by atoms with van der Waals surface area (Å²) < 4.78 is 0. The largest absolute Gasteiger partial charge is 0.357 e. The third kappa shape index (κ3) is 6.08. The van der Waals surface area contributed by atoms with Crippen LogP contribution in [0.15, 0.2) is 48.5 Å². The molecule has 2 amide bonds. The first-order chi connectivity index (χ1) is 14.9. The summed E-state index contributed by atoms with van der Waals surface area (Å²) in [4.78, 5) is 23.4. The monoisotopic (exact) mass is 438 g/mol. The topological polar surface area (TPSA) is 82.2 Å². The molecule has 0 aliphatic heterocycles.